The van der Waals surface area contributed by atoms with Crippen LogP contribution in [-0.2, 0) is 5.75 Å². The molecule has 0 aliphatic heterocycles. The second-order valence-corrected chi connectivity index (χ2v) is 3.15. The van der Waals surface area contributed by atoms with Crippen LogP contribution >= 0.6 is 36.6 Å². The highest BCUT2D eigenvalue weighted by molar-refractivity contribution is 7.79. The number of pyridine rings is 1. The summed E-state index contributed by atoms with van der Waals surface area (Å²) in [6.45, 7) is 1.75. The Morgan fingerprint density at radius 1 is 1.64 bits per heavy atom. The summed E-state index contributed by atoms with van der Waals surface area (Å²) in [5, 5.41) is 9.62. The first-order valence-electron chi connectivity index (χ1n) is 3.75. The van der Waals surface area contributed by atoms with E-state index < -0.39 is 0 Å². The highest BCUT2D eigenvalue weighted by Crippen LogP contribution is 2.26. The predicted octanol–water partition coefficient (Wildman–Crippen LogP) is 3.16. The molecule has 0 fully saturated rings. The minimum Gasteiger partial charge on any atom is -0.506 e. The molecular weight excluding hydrogens is 241 g/mol. The summed E-state index contributed by atoms with van der Waals surface area (Å²) < 4.78 is 0. The normalized spacial score (nSPS) is 10.2. The van der Waals surface area contributed by atoms with E-state index >= 15 is 0 Å². The molecule has 1 aromatic rings. The Labute approximate surface area is 99.8 Å². The number of aromatic nitrogens is 1. The van der Waals surface area contributed by atoms with Crippen LogP contribution < -0.4 is 0 Å². The average Bonchev–Trinajstić information content (AvgIpc) is 2.12. The standard InChI is InChI=1S/C9H10ClNOS.ClH/c1-6-9(12)8(5-13)7(2-3-10)4-11-6;/h2-4,12-13H,5H2,1H3;1H. The number of thiol groups is 1. The van der Waals surface area contributed by atoms with Crippen molar-refractivity contribution >= 4 is 42.7 Å². The molecule has 0 amide bonds. The number of hydrogen-bond donors (Lipinski definition) is 2. The number of rotatable bonds is 2. The van der Waals surface area contributed by atoms with Crippen LogP contribution in [0.3, 0.4) is 0 Å². The van der Waals surface area contributed by atoms with Crippen molar-refractivity contribution in [2.75, 3.05) is 0 Å². The number of nitrogens with zero attached hydrogens (tertiary/aromatic N) is 1. The molecule has 0 bridgehead atoms. The summed E-state index contributed by atoms with van der Waals surface area (Å²) in [7, 11) is 0. The van der Waals surface area contributed by atoms with Crippen LogP contribution in [0.4, 0.5) is 0 Å². The van der Waals surface area contributed by atoms with Crippen molar-refractivity contribution in [2.45, 2.75) is 12.7 Å². The van der Waals surface area contributed by atoms with Crippen molar-refractivity contribution in [2.24, 2.45) is 0 Å². The first-order valence-corrected chi connectivity index (χ1v) is 4.82. The summed E-state index contributed by atoms with van der Waals surface area (Å²) in [6, 6.07) is 0. The van der Waals surface area contributed by atoms with Gasteiger partial charge < -0.3 is 5.11 Å². The Balaban J connectivity index is 0.00000169. The highest BCUT2D eigenvalue weighted by Gasteiger charge is 2.07. The molecule has 0 aromatic carbocycles. The molecule has 1 aromatic heterocycles. The molecule has 0 saturated carbocycles. The Morgan fingerprint density at radius 3 is 2.79 bits per heavy atom. The van der Waals surface area contributed by atoms with Crippen LogP contribution in [0.1, 0.15) is 16.8 Å². The van der Waals surface area contributed by atoms with E-state index in [0.717, 1.165) is 11.1 Å². The lowest BCUT2D eigenvalue weighted by Crippen LogP contribution is -1.91. The van der Waals surface area contributed by atoms with Crippen LogP contribution in [0.2, 0.25) is 0 Å². The average molecular weight is 252 g/mol. The lowest BCUT2D eigenvalue weighted by Gasteiger charge is -2.07. The monoisotopic (exact) mass is 251 g/mol. The van der Waals surface area contributed by atoms with E-state index in [4.69, 9.17) is 11.6 Å². The van der Waals surface area contributed by atoms with Crippen LogP contribution in [0.15, 0.2) is 11.7 Å². The van der Waals surface area contributed by atoms with E-state index in [0.29, 0.717) is 11.4 Å². The molecule has 14 heavy (non-hydrogen) atoms. The van der Waals surface area contributed by atoms with Gasteiger partial charge in [-0.3, -0.25) is 4.98 Å². The molecular formula is C9H11Cl2NOS. The quantitative estimate of drug-likeness (QED) is 0.792. The molecule has 1 rings (SSSR count). The van der Waals surface area contributed by atoms with Crippen molar-refractivity contribution in [1.82, 2.24) is 4.98 Å². The molecule has 0 radical (unpaired) electrons. The summed E-state index contributed by atoms with van der Waals surface area (Å²) in [4.78, 5) is 4.01. The number of halogens is 2. The van der Waals surface area contributed by atoms with Crippen LogP contribution in [0, 0.1) is 6.92 Å². The van der Waals surface area contributed by atoms with E-state index in [9.17, 15) is 5.11 Å². The first kappa shape index (κ1) is 13.6. The summed E-state index contributed by atoms with van der Waals surface area (Å²) in [5.41, 5.74) is 3.55. The molecule has 0 atom stereocenters. The first-order chi connectivity index (χ1) is 6.20. The zero-order valence-electron chi connectivity index (χ0n) is 7.57. The van der Waals surface area contributed by atoms with Gasteiger partial charge in [0.2, 0.25) is 0 Å². The van der Waals surface area contributed by atoms with E-state index in [1.165, 1.54) is 5.54 Å². The van der Waals surface area contributed by atoms with Gasteiger partial charge >= 0.3 is 0 Å². The fraction of sp³-hybridized carbons (Fsp3) is 0.222. The highest BCUT2D eigenvalue weighted by atomic mass is 35.5. The van der Waals surface area contributed by atoms with Gasteiger partial charge in [0.05, 0.1) is 5.69 Å². The van der Waals surface area contributed by atoms with E-state index in [1.807, 2.05) is 0 Å². The maximum absolute atomic E-state index is 9.62. The smallest absolute Gasteiger partial charge is 0.141 e. The van der Waals surface area contributed by atoms with Crippen molar-refractivity contribution < 1.29 is 5.11 Å². The number of aryl methyl sites for hydroxylation is 1. The fourth-order valence-corrected chi connectivity index (χ4v) is 1.51. The molecule has 1 N–H and O–H groups in total. The molecule has 2 nitrogen and oxygen atoms in total. The van der Waals surface area contributed by atoms with Gasteiger partial charge in [-0.25, -0.2) is 0 Å². The van der Waals surface area contributed by atoms with Gasteiger partial charge in [-0.2, -0.15) is 12.6 Å². The van der Waals surface area contributed by atoms with Crippen LogP contribution in [-0.4, -0.2) is 10.1 Å². The predicted molar refractivity (Wildman–Crippen MR) is 65.5 cm³/mol. The summed E-state index contributed by atoms with van der Waals surface area (Å²) >= 11 is 9.57. The molecule has 0 saturated heterocycles. The van der Waals surface area contributed by atoms with Crippen molar-refractivity contribution in [1.29, 1.82) is 0 Å². The van der Waals surface area contributed by atoms with Crippen LogP contribution in [0.25, 0.3) is 6.08 Å². The Morgan fingerprint density at radius 2 is 2.29 bits per heavy atom. The molecule has 1 heterocycles. The molecule has 0 spiro atoms. The van der Waals surface area contributed by atoms with E-state index in [2.05, 4.69) is 17.6 Å². The fourth-order valence-electron chi connectivity index (χ4n) is 1.04. The summed E-state index contributed by atoms with van der Waals surface area (Å²) in [6.07, 6.45) is 3.35. The lowest BCUT2D eigenvalue weighted by atomic mass is 10.1. The Hall–Kier alpha value is -0.380. The minimum atomic E-state index is 0. The zero-order chi connectivity index (χ0) is 9.84. The van der Waals surface area contributed by atoms with Gasteiger partial charge in [-0.15, -0.1) is 12.4 Å². The van der Waals surface area contributed by atoms with E-state index in [1.54, 1.807) is 19.2 Å². The third kappa shape index (κ3) is 2.80. The van der Waals surface area contributed by atoms with Gasteiger partial charge in [-0.05, 0) is 13.0 Å². The molecule has 78 valence electrons. The van der Waals surface area contributed by atoms with Crippen molar-refractivity contribution in [3.8, 4) is 5.75 Å². The van der Waals surface area contributed by atoms with Gasteiger partial charge in [0.25, 0.3) is 0 Å². The maximum atomic E-state index is 9.62. The van der Waals surface area contributed by atoms with Gasteiger partial charge in [0.15, 0.2) is 0 Å². The Bertz CT molecular complexity index is 342. The largest absolute Gasteiger partial charge is 0.506 e. The van der Waals surface area contributed by atoms with Gasteiger partial charge in [0, 0.05) is 28.6 Å². The Kier molecular flexibility index (Phi) is 6.00. The van der Waals surface area contributed by atoms with Gasteiger partial charge in [-0.1, -0.05) is 11.6 Å². The molecule has 0 aliphatic carbocycles. The lowest BCUT2D eigenvalue weighted by molar-refractivity contribution is 0.462. The molecule has 0 aliphatic rings. The number of aromatic hydroxyl groups is 1. The summed E-state index contributed by atoms with van der Waals surface area (Å²) in [5.74, 6) is 0.661. The molecule has 5 heteroatoms. The maximum Gasteiger partial charge on any atom is 0.141 e. The topological polar surface area (TPSA) is 33.1 Å². The second kappa shape index (κ2) is 6.17. The zero-order valence-corrected chi connectivity index (χ0v) is 10.0. The van der Waals surface area contributed by atoms with Crippen LogP contribution in [0.5, 0.6) is 5.75 Å². The third-order valence-electron chi connectivity index (χ3n) is 1.77. The molecule has 0 unspecified atom stereocenters. The van der Waals surface area contributed by atoms with E-state index in [-0.39, 0.29) is 18.2 Å². The van der Waals surface area contributed by atoms with Crippen molar-refractivity contribution in [3.63, 3.8) is 0 Å². The minimum absolute atomic E-state index is 0. The SMILES string of the molecule is Cc1ncc(C=CCl)c(CS)c1O.Cl. The second-order valence-electron chi connectivity index (χ2n) is 2.58. The van der Waals surface area contributed by atoms with Crippen molar-refractivity contribution in [3.05, 3.63) is 28.6 Å². The van der Waals surface area contributed by atoms with Gasteiger partial charge in [0.1, 0.15) is 5.75 Å². The number of hydrogen-bond acceptors (Lipinski definition) is 3. The third-order valence-corrected chi connectivity index (χ3v) is 2.22.